The van der Waals surface area contributed by atoms with E-state index in [4.69, 9.17) is 5.11 Å². The average Bonchev–Trinajstić information content (AvgIpc) is 2.37. The summed E-state index contributed by atoms with van der Waals surface area (Å²) in [6, 6.07) is 9.39. The Morgan fingerprint density at radius 2 is 2.00 bits per heavy atom. The molecule has 0 saturated carbocycles. The zero-order chi connectivity index (χ0) is 14.8. The highest BCUT2D eigenvalue weighted by Gasteiger charge is 2.13. The minimum absolute atomic E-state index is 0.0593. The first-order valence-corrected chi connectivity index (χ1v) is 7.52. The van der Waals surface area contributed by atoms with E-state index in [-0.39, 0.29) is 11.3 Å². The summed E-state index contributed by atoms with van der Waals surface area (Å²) in [6.07, 6.45) is 2.53. The number of hydrogen-bond acceptors (Lipinski definition) is 4. The highest BCUT2D eigenvalue weighted by atomic mass is 32.2. The predicted octanol–water partition coefficient (Wildman–Crippen LogP) is 1.82. The van der Waals surface area contributed by atoms with Gasteiger partial charge in [-0.15, -0.1) is 0 Å². The molecule has 20 heavy (non-hydrogen) atoms. The number of pyridine rings is 1. The second kappa shape index (κ2) is 5.30. The lowest BCUT2D eigenvalue weighted by Crippen LogP contribution is -2.09. The molecule has 0 atom stereocenters. The van der Waals surface area contributed by atoms with E-state index in [9.17, 15) is 13.2 Å². The van der Waals surface area contributed by atoms with E-state index in [1.165, 1.54) is 24.4 Å². The number of aromatic nitrogens is 1. The van der Waals surface area contributed by atoms with Crippen molar-refractivity contribution in [1.29, 1.82) is 0 Å². The number of carboxylic acids is 1. The molecule has 1 aromatic carbocycles. The van der Waals surface area contributed by atoms with Crippen molar-refractivity contribution in [1.82, 2.24) is 4.98 Å². The van der Waals surface area contributed by atoms with E-state index in [0.29, 0.717) is 11.3 Å². The molecule has 104 valence electrons. The van der Waals surface area contributed by atoms with Crippen molar-refractivity contribution < 1.29 is 18.3 Å². The second-order valence-corrected chi connectivity index (χ2v) is 5.91. The van der Waals surface area contributed by atoms with Crippen LogP contribution in [0.1, 0.15) is 10.4 Å². The summed E-state index contributed by atoms with van der Waals surface area (Å²) in [4.78, 5) is 15.2. The molecule has 0 spiro atoms. The van der Waals surface area contributed by atoms with Crippen LogP contribution in [0.3, 0.4) is 0 Å². The minimum Gasteiger partial charge on any atom is -0.478 e. The Bertz CT molecular complexity index is 756. The summed E-state index contributed by atoms with van der Waals surface area (Å²) < 4.78 is 24.7. The van der Waals surface area contributed by atoms with Crippen LogP contribution in [0.5, 0.6) is 0 Å². The summed E-state index contributed by atoms with van der Waals surface area (Å²) in [5.74, 6) is -1.09. The zero-order valence-electron chi connectivity index (χ0n) is 10.6. The Morgan fingerprint density at radius 1 is 1.25 bits per heavy atom. The summed E-state index contributed by atoms with van der Waals surface area (Å²) in [5, 5.41) is 9.13. The molecule has 0 radical (unpaired) electrons. The van der Waals surface area contributed by atoms with Gasteiger partial charge in [-0.25, -0.2) is 13.2 Å². The topological polar surface area (TPSA) is 96.4 Å². The first-order chi connectivity index (χ1) is 9.37. The van der Waals surface area contributed by atoms with Gasteiger partial charge < -0.3 is 5.11 Å². The highest BCUT2D eigenvalue weighted by Crippen LogP contribution is 2.24. The summed E-state index contributed by atoms with van der Waals surface area (Å²) in [6.45, 7) is 0. The van der Waals surface area contributed by atoms with E-state index in [0.717, 1.165) is 6.26 Å². The molecule has 0 unspecified atom stereocenters. The lowest BCUT2D eigenvalue weighted by atomic mass is 10.1. The number of anilines is 1. The normalized spacial score (nSPS) is 11.1. The van der Waals surface area contributed by atoms with Crippen LogP contribution in [0.4, 0.5) is 5.69 Å². The van der Waals surface area contributed by atoms with E-state index in [1.54, 1.807) is 18.2 Å². The molecule has 7 heteroatoms. The van der Waals surface area contributed by atoms with Crippen molar-refractivity contribution in [2.75, 3.05) is 11.0 Å². The highest BCUT2D eigenvalue weighted by molar-refractivity contribution is 7.92. The van der Waals surface area contributed by atoms with Gasteiger partial charge in [0.1, 0.15) is 0 Å². The average molecular weight is 292 g/mol. The second-order valence-electron chi connectivity index (χ2n) is 4.16. The van der Waals surface area contributed by atoms with Gasteiger partial charge in [-0.3, -0.25) is 9.71 Å². The van der Waals surface area contributed by atoms with Gasteiger partial charge in [-0.1, -0.05) is 12.1 Å². The molecule has 2 N–H and O–H groups in total. The van der Waals surface area contributed by atoms with Crippen LogP contribution in [0.15, 0.2) is 42.6 Å². The van der Waals surface area contributed by atoms with Crippen molar-refractivity contribution in [2.24, 2.45) is 0 Å². The quantitative estimate of drug-likeness (QED) is 0.896. The van der Waals surface area contributed by atoms with Gasteiger partial charge in [0.25, 0.3) is 0 Å². The van der Waals surface area contributed by atoms with Crippen LogP contribution in [0.25, 0.3) is 11.3 Å². The van der Waals surface area contributed by atoms with Gasteiger partial charge in [-0.2, -0.15) is 0 Å². The molecular formula is C13H12N2O4S. The molecule has 1 heterocycles. The Balaban J connectivity index is 2.49. The van der Waals surface area contributed by atoms with Crippen LogP contribution in [-0.2, 0) is 10.0 Å². The van der Waals surface area contributed by atoms with Gasteiger partial charge in [0.15, 0.2) is 0 Å². The molecule has 0 saturated heterocycles. The summed E-state index contributed by atoms with van der Waals surface area (Å²) >= 11 is 0. The number of carboxylic acid groups (broad SMARTS) is 1. The Labute approximate surface area is 116 Å². The maximum absolute atomic E-state index is 11.2. The number of nitrogens with zero attached hydrogens (tertiary/aromatic N) is 1. The van der Waals surface area contributed by atoms with Gasteiger partial charge in [0.2, 0.25) is 10.0 Å². The van der Waals surface area contributed by atoms with E-state index in [1.807, 2.05) is 0 Å². The van der Waals surface area contributed by atoms with Crippen molar-refractivity contribution in [2.45, 2.75) is 0 Å². The Morgan fingerprint density at radius 3 is 2.65 bits per heavy atom. The van der Waals surface area contributed by atoms with Gasteiger partial charge >= 0.3 is 5.97 Å². The molecule has 0 aliphatic carbocycles. The van der Waals surface area contributed by atoms with E-state index >= 15 is 0 Å². The van der Waals surface area contributed by atoms with Gasteiger partial charge in [0.05, 0.1) is 17.5 Å². The van der Waals surface area contributed by atoms with E-state index in [2.05, 4.69) is 9.71 Å². The third kappa shape index (κ3) is 3.33. The standard InChI is InChI=1S/C13H12N2O4S/c1-20(18,19)15-10-5-2-4-9(8-10)12-11(13(16)17)6-3-7-14-12/h2-8,15H,1H3,(H,16,17). The number of nitrogens with one attached hydrogen (secondary N) is 1. The molecule has 2 rings (SSSR count). The van der Waals surface area contributed by atoms with Crippen LogP contribution < -0.4 is 4.72 Å². The first-order valence-electron chi connectivity index (χ1n) is 5.63. The SMILES string of the molecule is CS(=O)(=O)Nc1cccc(-c2ncccc2C(=O)O)c1. The molecule has 0 aliphatic heterocycles. The fraction of sp³-hybridized carbons (Fsp3) is 0.0769. The lowest BCUT2D eigenvalue weighted by molar-refractivity contribution is 0.0697. The summed E-state index contributed by atoms with van der Waals surface area (Å²) in [5.41, 5.74) is 1.23. The zero-order valence-corrected chi connectivity index (χ0v) is 11.4. The minimum atomic E-state index is -3.39. The number of carbonyl (C=O) groups is 1. The number of benzene rings is 1. The van der Waals surface area contributed by atoms with Crippen molar-refractivity contribution in [3.05, 3.63) is 48.2 Å². The Kier molecular flexibility index (Phi) is 3.71. The van der Waals surface area contributed by atoms with Crippen molar-refractivity contribution >= 4 is 21.7 Å². The maximum Gasteiger partial charge on any atom is 0.337 e. The molecule has 0 bridgehead atoms. The van der Waals surface area contributed by atoms with Crippen LogP contribution >= 0.6 is 0 Å². The van der Waals surface area contributed by atoms with Crippen molar-refractivity contribution in [3.8, 4) is 11.3 Å². The number of sulfonamides is 1. The van der Waals surface area contributed by atoms with Gasteiger partial charge in [0, 0.05) is 17.4 Å². The van der Waals surface area contributed by atoms with Crippen LogP contribution in [-0.4, -0.2) is 30.7 Å². The molecule has 0 amide bonds. The smallest absolute Gasteiger partial charge is 0.337 e. The third-order valence-corrected chi connectivity index (χ3v) is 3.08. The molecule has 2 aromatic rings. The molecular weight excluding hydrogens is 280 g/mol. The Hall–Kier alpha value is -2.41. The predicted molar refractivity (Wildman–Crippen MR) is 75.1 cm³/mol. The third-order valence-electron chi connectivity index (χ3n) is 2.48. The number of aromatic carboxylic acids is 1. The number of rotatable bonds is 4. The van der Waals surface area contributed by atoms with Crippen LogP contribution in [0.2, 0.25) is 0 Å². The van der Waals surface area contributed by atoms with Crippen LogP contribution in [0, 0.1) is 0 Å². The van der Waals surface area contributed by atoms with Gasteiger partial charge in [-0.05, 0) is 24.3 Å². The molecule has 1 aromatic heterocycles. The maximum atomic E-state index is 11.2. The first kappa shape index (κ1) is 14.0. The lowest BCUT2D eigenvalue weighted by Gasteiger charge is -2.08. The molecule has 6 nitrogen and oxygen atoms in total. The molecule has 0 aliphatic rings. The van der Waals surface area contributed by atoms with E-state index < -0.39 is 16.0 Å². The molecule has 0 fully saturated rings. The summed E-state index contributed by atoms with van der Waals surface area (Å²) in [7, 11) is -3.39. The largest absolute Gasteiger partial charge is 0.478 e. The fourth-order valence-electron chi connectivity index (χ4n) is 1.75. The number of hydrogen-bond donors (Lipinski definition) is 2. The monoisotopic (exact) mass is 292 g/mol. The van der Waals surface area contributed by atoms with Crippen molar-refractivity contribution in [3.63, 3.8) is 0 Å². The fourth-order valence-corrected chi connectivity index (χ4v) is 2.31.